The number of aliphatic hydroxyl groups excluding tert-OH is 1. The van der Waals surface area contributed by atoms with Crippen molar-refractivity contribution in [3.63, 3.8) is 0 Å². The molecule has 0 radical (unpaired) electrons. The van der Waals surface area contributed by atoms with Crippen LogP contribution >= 0.6 is 0 Å². The van der Waals surface area contributed by atoms with Crippen LogP contribution in [0.5, 0.6) is 0 Å². The lowest BCUT2D eigenvalue weighted by Crippen LogP contribution is -2.68. The topological polar surface area (TPSA) is 49.7 Å². The van der Waals surface area contributed by atoms with E-state index < -0.39 is 11.2 Å². The van der Waals surface area contributed by atoms with Gasteiger partial charge in [-0.3, -0.25) is 0 Å². The van der Waals surface area contributed by atoms with Crippen LogP contribution in [0.15, 0.2) is 0 Å². The molecule has 3 heteroatoms. The first-order valence-corrected chi connectivity index (χ1v) is 4.97. The van der Waals surface area contributed by atoms with Crippen LogP contribution < -0.4 is 0 Å². The fourth-order valence-corrected chi connectivity index (χ4v) is 2.64. The molecule has 13 heavy (non-hydrogen) atoms. The van der Waals surface area contributed by atoms with E-state index in [2.05, 4.69) is 6.92 Å². The molecule has 2 heterocycles. The van der Waals surface area contributed by atoms with Gasteiger partial charge in [0.15, 0.2) is 0 Å². The summed E-state index contributed by atoms with van der Waals surface area (Å²) < 4.78 is 5.81. The molecule has 76 valence electrons. The largest absolute Gasteiger partial charge is 0.393 e. The first kappa shape index (κ1) is 9.44. The molecule has 3 nitrogen and oxygen atoms in total. The molecule has 3 aliphatic rings. The summed E-state index contributed by atoms with van der Waals surface area (Å²) in [5, 5.41) is 19.5. The van der Waals surface area contributed by atoms with Gasteiger partial charge in [0.25, 0.3) is 0 Å². The van der Waals surface area contributed by atoms with Crippen molar-refractivity contribution in [3.8, 4) is 0 Å². The Hall–Kier alpha value is -0.120. The van der Waals surface area contributed by atoms with Gasteiger partial charge in [-0.1, -0.05) is 0 Å². The van der Waals surface area contributed by atoms with Crippen LogP contribution in [0.3, 0.4) is 0 Å². The van der Waals surface area contributed by atoms with E-state index in [9.17, 15) is 10.2 Å². The van der Waals surface area contributed by atoms with Gasteiger partial charge >= 0.3 is 0 Å². The van der Waals surface area contributed by atoms with Gasteiger partial charge in [-0.05, 0) is 39.5 Å². The average molecular weight is 186 g/mol. The standard InChI is InChI=1S/C10H18O3/c1-8-3-5-10(12,6-4-8)9(2,7-11)13-8/h11-12H,3-7H2,1-2H3. The van der Waals surface area contributed by atoms with Gasteiger partial charge in [-0.25, -0.2) is 0 Å². The Labute approximate surface area is 78.7 Å². The molecule has 0 aromatic heterocycles. The summed E-state index contributed by atoms with van der Waals surface area (Å²) in [5.41, 5.74) is -1.68. The second-order valence-electron chi connectivity index (χ2n) is 4.97. The lowest BCUT2D eigenvalue weighted by atomic mass is 9.65. The van der Waals surface area contributed by atoms with Crippen molar-refractivity contribution in [2.75, 3.05) is 6.61 Å². The van der Waals surface area contributed by atoms with Crippen LogP contribution in [0, 0.1) is 0 Å². The van der Waals surface area contributed by atoms with Gasteiger partial charge < -0.3 is 14.9 Å². The summed E-state index contributed by atoms with van der Waals surface area (Å²) in [7, 11) is 0. The molecule has 1 aliphatic carbocycles. The molecule has 0 spiro atoms. The summed E-state index contributed by atoms with van der Waals surface area (Å²) in [4.78, 5) is 0. The third kappa shape index (κ3) is 1.14. The van der Waals surface area contributed by atoms with E-state index >= 15 is 0 Å². The van der Waals surface area contributed by atoms with Crippen LogP contribution in [0.2, 0.25) is 0 Å². The third-order valence-corrected chi connectivity index (χ3v) is 3.89. The fourth-order valence-electron chi connectivity index (χ4n) is 2.64. The lowest BCUT2D eigenvalue weighted by Gasteiger charge is -2.59. The summed E-state index contributed by atoms with van der Waals surface area (Å²) in [6.45, 7) is 3.78. The van der Waals surface area contributed by atoms with Crippen LogP contribution in [-0.2, 0) is 4.74 Å². The maximum atomic E-state index is 10.3. The van der Waals surface area contributed by atoms with Crippen molar-refractivity contribution in [3.05, 3.63) is 0 Å². The van der Waals surface area contributed by atoms with Crippen LogP contribution in [-0.4, -0.2) is 33.6 Å². The third-order valence-electron chi connectivity index (χ3n) is 3.89. The van der Waals surface area contributed by atoms with E-state index in [1.807, 2.05) is 6.92 Å². The summed E-state index contributed by atoms with van der Waals surface area (Å²) >= 11 is 0. The van der Waals surface area contributed by atoms with E-state index in [0.29, 0.717) is 0 Å². The highest BCUT2D eigenvalue weighted by Crippen LogP contribution is 2.51. The lowest BCUT2D eigenvalue weighted by molar-refractivity contribution is -0.313. The zero-order valence-corrected chi connectivity index (χ0v) is 8.34. The van der Waals surface area contributed by atoms with E-state index in [1.54, 1.807) is 0 Å². The highest BCUT2D eigenvalue weighted by atomic mass is 16.6. The fraction of sp³-hybridized carbons (Fsp3) is 1.00. The summed E-state index contributed by atoms with van der Waals surface area (Å²) in [6, 6.07) is 0. The Balaban J connectivity index is 2.31. The minimum Gasteiger partial charge on any atom is -0.393 e. The molecule has 0 aromatic carbocycles. The van der Waals surface area contributed by atoms with E-state index in [1.165, 1.54) is 0 Å². The van der Waals surface area contributed by atoms with Crippen molar-refractivity contribution < 1.29 is 14.9 Å². The molecule has 2 bridgehead atoms. The van der Waals surface area contributed by atoms with Gasteiger partial charge in [0, 0.05) is 0 Å². The van der Waals surface area contributed by atoms with Gasteiger partial charge in [-0.2, -0.15) is 0 Å². The summed E-state index contributed by atoms with van der Waals surface area (Å²) in [6.07, 6.45) is 3.30. The Morgan fingerprint density at radius 3 is 2.08 bits per heavy atom. The normalized spacial score (nSPS) is 55.4. The molecule has 2 aliphatic heterocycles. The zero-order chi connectivity index (χ0) is 9.74. The number of fused-ring (bicyclic) bond motifs is 3. The second kappa shape index (κ2) is 2.47. The molecule has 3 rings (SSSR count). The number of aliphatic hydroxyl groups is 2. The molecular formula is C10H18O3. The van der Waals surface area contributed by atoms with Crippen molar-refractivity contribution >= 4 is 0 Å². The minimum absolute atomic E-state index is 0.0981. The van der Waals surface area contributed by atoms with Crippen molar-refractivity contribution in [2.24, 2.45) is 0 Å². The number of rotatable bonds is 1. The number of hydrogen-bond donors (Lipinski definition) is 2. The molecule has 1 atom stereocenters. The summed E-state index contributed by atoms with van der Waals surface area (Å²) in [5.74, 6) is 0. The Morgan fingerprint density at radius 2 is 1.69 bits per heavy atom. The highest BCUT2D eigenvalue weighted by Gasteiger charge is 2.59. The molecule has 1 saturated carbocycles. The first-order valence-electron chi connectivity index (χ1n) is 4.97. The maximum absolute atomic E-state index is 10.3. The first-order chi connectivity index (χ1) is 5.93. The van der Waals surface area contributed by atoms with E-state index in [0.717, 1.165) is 25.7 Å². The molecule has 1 unspecified atom stereocenters. The van der Waals surface area contributed by atoms with Crippen LogP contribution in [0.25, 0.3) is 0 Å². The Morgan fingerprint density at radius 1 is 1.15 bits per heavy atom. The quantitative estimate of drug-likeness (QED) is 0.637. The van der Waals surface area contributed by atoms with Gasteiger partial charge in [0.05, 0.1) is 17.8 Å². The predicted octanol–water partition coefficient (Wildman–Crippen LogP) is 0.831. The molecule has 2 N–H and O–H groups in total. The van der Waals surface area contributed by atoms with E-state index in [4.69, 9.17) is 4.74 Å². The molecule has 0 aromatic rings. The Kier molecular flexibility index (Phi) is 1.79. The molecule has 0 amide bonds. The minimum atomic E-state index is -0.806. The Bertz CT molecular complexity index is 218. The highest BCUT2D eigenvalue weighted by molar-refractivity contribution is 5.09. The van der Waals surface area contributed by atoms with Gasteiger partial charge in [-0.15, -0.1) is 0 Å². The van der Waals surface area contributed by atoms with Crippen molar-refractivity contribution in [2.45, 2.75) is 56.3 Å². The van der Waals surface area contributed by atoms with Crippen LogP contribution in [0.4, 0.5) is 0 Å². The smallest absolute Gasteiger partial charge is 0.118 e. The SMILES string of the molecule is CC12CCC(O)(CC1)C(C)(CO)O2. The number of ether oxygens (including phenoxy) is 1. The molecule has 2 saturated heterocycles. The average Bonchev–Trinajstić information content (AvgIpc) is 2.09. The van der Waals surface area contributed by atoms with Crippen LogP contribution in [0.1, 0.15) is 39.5 Å². The monoisotopic (exact) mass is 186 g/mol. The predicted molar refractivity (Wildman–Crippen MR) is 48.4 cm³/mol. The van der Waals surface area contributed by atoms with Gasteiger partial charge in [0.2, 0.25) is 0 Å². The van der Waals surface area contributed by atoms with Crippen molar-refractivity contribution in [1.82, 2.24) is 0 Å². The second-order valence-corrected chi connectivity index (χ2v) is 4.97. The van der Waals surface area contributed by atoms with E-state index in [-0.39, 0.29) is 12.2 Å². The number of hydrogen-bond acceptors (Lipinski definition) is 3. The van der Waals surface area contributed by atoms with Crippen molar-refractivity contribution in [1.29, 1.82) is 0 Å². The maximum Gasteiger partial charge on any atom is 0.118 e. The molecule has 3 fully saturated rings. The van der Waals surface area contributed by atoms with Gasteiger partial charge in [0.1, 0.15) is 5.60 Å². The zero-order valence-electron chi connectivity index (χ0n) is 8.34. The molecular weight excluding hydrogens is 168 g/mol.